The van der Waals surface area contributed by atoms with Crippen LogP contribution in [0.1, 0.15) is 10.4 Å². The first kappa shape index (κ1) is 17.3. The van der Waals surface area contributed by atoms with Crippen LogP contribution in [0, 0.1) is 15.9 Å². The van der Waals surface area contributed by atoms with Gasteiger partial charge in [-0.15, -0.1) is 0 Å². The molecule has 4 rings (SSSR count). The van der Waals surface area contributed by atoms with E-state index < -0.39 is 10.8 Å². The zero-order chi connectivity index (χ0) is 19.7. The molecular weight excluding hydrogens is 363 g/mol. The van der Waals surface area contributed by atoms with Crippen molar-refractivity contribution < 1.29 is 14.1 Å². The van der Waals surface area contributed by atoms with E-state index in [1.807, 2.05) is 0 Å². The second kappa shape index (κ2) is 6.92. The third-order valence-corrected chi connectivity index (χ3v) is 4.26. The predicted octanol–water partition coefficient (Wildman–Crippen LogP) is 4.53. The maximum atomic E-state index is 13.2. The van der Waals surface area contributed by atoms with E-state index in [4.69, 9.17) is 0 Å². The fraction of sp³-hybridized carbons (Fsp3) is 0. The maximum Gasteiger partial charge on any atom is 0.271 e. The summed E-state index contributed by atoms with van der Waals surface area (Å²) in [5, 5.41) is 21.4. The molecule has 7 nitrogen and oxygen atoms in total. The highest BCUT2D eigenvalue weighted by Crippen LogP contribution is 2.27. The maximum absolute atomic E-state index is 13.2. The number of nitro benzene ring substituents is 1. The van der Waals surface area contributed by atoms with Gasteiger partial charge in [-0.3, -0.25) is 20.0 Å². The van der Waals surface area contributed by atoms with Gasteiger partial charge in [-0.2, -0.15) is 5.10 Å². The number of hydrogen-bond donors (Lipinski definition) is 2. The normalized spacial score (nSPS) is 10.8. The highest BCUT2D eigenvalue weighted by atomic mass is 19.1. The van der Waals surface area contributed by atoms with Crippen LogP contribution in [0.2, 0.25) is 0 Å². The van der Waals surface area contributed by atoms with Crippen molar-refractivity contribution in [3.05, 3.63) is 88.2 Å². The Hall–Kier alpha value is -4.07. The van der Waals surface area contributed by atoms with Crippen molar-refractivity contribution in [2.75, 3.05) is 5.32 Å². The van der Waals surface area contributed by atoms with Gasteiger partial charge < -0.3 is 5.32 Å². The number of aromatic nitrogens is 2. The van der Waals surface area contributed by atoms with Crippen LogP contribution in [-0.4, -0.2) is 21.0 Å². The number of H-pyrrole nitrogens is 1. The Labute approximate surface area is 158 Å². The molecule has 1 heterocycles. The molecule has 0 aliphatic heterocycles. The number of amides is 1. The molecule has 0 aliphatic rings. The number of nitro groups is 1. The monoisotopic (exact) mass is 376 g/mol. The van der Waals surface area contributed by atoms with Crippen LogP contribution in [0.15, 0.2) is 66.7 Å². The van der Waals surface area contributed by atoms with Gasteiger partial charge in [0, 0.05) is 34.3 Å². The van der Waals surface area contributed by atoms with E-state index in [1.54, 1.807) is 36.4 Å². The lowest BCUT2D eigenvalue weighted by Gasteiger charge is -2.06. The number of aromatic amines is 1. The summed E-state index contributed by atoms with van der Waals surface area (Å²) in [5.74, 6) is -0.755. The molecule has 0 bridgehead atoms. The predicted molar refractivity (Wildman–Crippen MR) is 103 cm³/mol. The quantitative estimate of drug-likeness (QED) is 0.404. The van der Waals surface area contributed by atoms with E-state index in [1.165, 1.54) is 30.3 Å². The minimum Gasteiger partial charge on any atom is -0.322 e. The molecule has 0 aliphatic carbocycles. The van der Waals surface area contributed by atoms with Crippen LogP contribution in [0.25, 0.3) is 22.2 Å². The van der Waals surface area contributed by atoms with Crippen LogP contribution in [0.4, 0.5) is 15.8 Å². The summed E-state index contributed by atoms with van der Waals surface area (Å²) in [6.45, 7) is 0. The number of non-ortho nitro benzene ring substituents is 1. The van der Waals surface area contributed by atoms with Crippen molar-refractivity contribution in [1.82, 2.24) is 10.2 Å². The first-order chi connectivity index (χ1) is 13.5. The number of nitrogens with one attached hydrogen (secondary N) is 2. The Morgan fingerprint density at radius 2 is 1.86 bits per heavy atom. The van der Waals surface area contributed by atoms with Crippen LogP contribution < -0.4 is 5.32 Å². The highest BCUT2D eigenvalue weighted by molar-refractivity contribution is 6.07. The third-order valence-electron chi connectivity index (χ3n) is 4.26. The molecule has 0 unspecified atom stereocenters. The lowest BCUT2D eigenvalue weighted by Crippen LogP contribution is -2.11. The van der Waals surface area contributed by atoms with Gasteiger partial charge in [-0.05, 0) is 48.5 Å². The first-order valence-corrected chi connectivity index (χ1v) is 8.31. The number of carbonyl (C=O) groups excluding carboxylic acids is 1. The van der Waals surface area contributed by atoms with Crippen molar-refractivity contribution >= 4 is 28.2 Å². The molecule has 1 aromatic heterocycles. The molecule has 3 aromatic carbocycles. The van der Waals surface area contributed by atoms with E-state index in [0.717, 1.165) is 5.52 Å². The summed E-state index contributed by atoms with van der Waals surface area (Å²) in [4.78, 5) is 22.9. The van der Waals surface area contributed by atoms with Gasteiger partial charge in [0.15, 0.2) is 0 Å². The molecule has 2 N–H and O–H groups in total. The molecule has 0 radical (unpaired) electrons. The van der Waals surface area contributed by atoms with Crippen molar-refractivity contribution in [1.29, 1.82) is 0 Å². The Morgan fingerprint density at radius 3 is 2.61 bits per heavy atom. The van der Waals surface area contributed by atoms with Crippen molar-refractivity contribution in [2.45, 2.75) is 0 Å². The summed E-state index contributed by atoms with van der Waals surface area (Å²) in [5.41, 5.74) is 2.62. The molecule has 28 heavy (non-hydrogen) atoms. The standard InChI is InChI=1S/C20H13FN4O3/c21-14-7-4-12(5-8-14)19-17-10-13(6-9-18(17)23-24-19)20(26)22-15-2-1-3-16(11-15)25(27)28/h1-11H,(H,22,26)(H,23,24). The zero-order valence-electron chi connectivity index (χ0n) is 14.3. The van der Waals surface area contributed by atoms with Crippen LogP contribution in [0.3, 0.4) is 0 Å². The number of hydrogen-bond acceptors (Lipinski definition) is 4. The summed E-state index contributed by atoms with van der Waals surface area (Å²) < 4.78 is 13.2. The van der Waals surface area contributed by atoms with Gasteiger partial charge in [0.1, 0.15) is 5.82 Å². The third kappa shape index (κ3) is 3.30. The van der Waals surface area contributed by atoms with Gasteiger partial charge in [-0.1, -0.05) is 6.07 Å². The summed E-state index contributed by atoms with van der Waals surface area (Å²) >= 11 is 0. The van der Waals surface area contributed by atoms with E-state index in [2.05, 4.69) is 15.5 Å². The lowest BCUT2D eigenvalue weighted by atomic mass is 10.1. The molecule has 0 saturated carbocycles. The van der Waals surface area contributed by atoms with Gasteiger partial charge in [0.2, 0.25) is 0 Å². The van der Waals surface area contributed by atoms with E-state index in [0.29, 0.717) is 27.9 Å². The van der Waals surface area contributed by atoms with Crippen molar-refractivity contribution in [3.63, 3.8) is 0 Å². The fourth-order valence-corrected chi connectivity index (χ4v) is 2.88. The number of carbonyl (C=O) groups is 1. The van der Waals surface area contributed by atoms with E-state index in [-0.39, 0.29) is 11.5 Å². The smallest absolute Gasteiger partial charge is 0.271 e. The summed E-state index contributed by atoms with van der Waals surface area (Å²) in [6.07, 6.45) is 0. The van der Waals surface area contributed by atoms with Crippen molar-refractivity contribution in [2.24, 2.45) is 0 Å². The molecule has 0 atom stereocenters. The Balaban J connectivity index is 1.66. The van der Waals surface area contributed by atoms with Gasteiger partial charge >= 0.3 is 0 Å². The van der Waals surface area contributed by atoms with Gasteiger partial charge in [0.25, 0.3) is 11.6 Å². The Kier molecular flexibility index (Phi) is 4.29. The molecular formula is C20H13FN4O3. The Morgan fingerprint density at radius 1 is 1.07 bits per heavy atom. The number of halogens is 1. The van der Waals surface area contributed by atoms with Gasteiger partial charge in [0.05, 0.1) is 16.1 Å². The second-order valence-electron chi connectivity index (χ2n) is 6.10. The number of fused-ring (bicyclic) bond motifs is 1. The Bertz CT molecular complexity index is 1200. The average Bonchev–Trinajstić information content (AvgIpc) is 3.12. The summed E-state index contributed by atoms with van der Waals surface area (Å²) in [6, 6.07) is 16.6. The highest BCUT2D eigenvalue weighted by Gasteiger charge is 2.14. The molecule has 8 heteroatoms. The number of benzene rings is 3. The van der Waals surface area contributed by atoms with Crippen LogP contribution >= 0.6 is 0 Å². The lowest BCUT2D eigenvalue weighted by molar-refractivity contribution is -0.384. The SMILES string of the molecule is O=C(Nc1cccc([N+](=O)[O-])c1)c1ccc2[nH]nc(-c3ccc(F)cc3)c2c1. The molecule has 1 amide bonds. The van der Waals surface area contributed by atoms with Crippen molar-refractivity contribution in [3.8, 4) is 11.3 Å². The molecule has 138 valence electrons. The molecule has 0 saturated heterocycles. The number of anilines is 1. The molecule has 4 aromatic rings. The minimum absolute atomic E-state index is 0.110. The zero-order valence-corrected chi connectivity index (χ0v) is 14.3. The number of rotatable bonds is 4. The largest absolute Gasteiger partial charge is 0.322 e. The second-order valence-corrected chi connectivity index (χ2v) is 6.10. The topological polar surface area (TPSA) is 101 Å². The minimum atomic E-state index is -0.526. The van der Waals surface area contributed by atoms with E-state index in [9.17, 15) is 19.3 Å². The van der Waals surface area contributed by atoms with Gasteiger partial charge in [-0.25, -0.2) is 4.39 Å². The molecule has 0 spiro atoms. The van der Waals surface area contributed by atoms with Crippen LogP contribution in [0.5, 0.6) is 0 Å². The average molecular weight is 376 g/mol. The number of nitrogens with zero attached hydrogens (tertiary/aromatic N) is 2. The van der Waals surface area contributed by atoms with Crippen LogP contribution in [-0.2, 0) is 0 Å². The fourth-order valence-electron chi connectivity index (χ4n) is 2.88. The first-order valence-electron chi connectivity index (χ1n) is 8.31. The molecule has 0 fully saturated rings. The van der Waals surface area contributed by atoms with E-state index >= 15 is 0 Å². The summed E-state index contributed by atoms with van der Waals surface area (Å²) in [7, 11) is 0.